The Kier molecular flexibility index (Phi) is 6.28. The lowest BCUT2D eigenvalue weighted by Crippen LogP contribution is -2.44. The summed E-state index contributed by atoms with van der Waals surface area (Å²) >= 11 is 0. The average Bonchev–Trinajstić information content (AvgIpc) is 2.66. The van der Waals surface area contributed by atoms with Gasteiger partial charge in [-0.2, -0.15) is 0 Å². The van der Waals surface area contributed by atoms with Crippen LogP contribution in [0.25, 0.3) is 0 Å². The maximum absolute atomic E-state index is 5.49. The second-order valence-corrected chi connectivity index (χ2v) is 4.42. The first-order chi connectivity index (χ1) is 7.70. The van der Waals surface area contributed by atoms with Crippen molar-refractivity contribution in [3.63, 3.8) is 0 Å². The fourth-order valence-electron chi connectivity index (χ4n) is 1.88. The Morgan fingerprint density at radius 3 is 2.50 bits per heavy atom. The topological polar surface area (TPSA) is 39.7 Å². The number of hydrogen-bond donors (Lipinski definition) is 1. The van der Waals surface area contributed by atoms with Crippen LogP contribution in [0.15, 0.2) is 0 Å². The molecule has 1 rings (SSSR count). The smallest absolute Gasteiger partial charge is 0.158 e. The lowest BCUT2D eigenvalue weighted by molar-refractivity contribution is -0.139. The van der Waals surface area contributed by atoms with Gasteiger partial charge in [-0.25, -0.2) is 0 Å². The van der Waals surface area contributed by atoms with Crippen LogP contribution >= 0.6 is 0 Å². The first-order valence-corrected chi connectivity index (χ1v) is 6.26. The van der Waals surface area contributed by atoms with Gasteiger partial charge in [0.2, 0.25) is 0 Å². The second-order valence-electron chi connectivity index (χ2n) is 4.42. The predicted molar refractivity (Wildman–Crippen MR) is 63.5 cm³/mol. The van der Waals surface area contributed by atoms with Gasteiger partial charge in [0.25, 0.3) is 0 Å². The Hall–Kier alpha value is -0.160. The van der Waals surface area contributed by atoms with Crippen LogP contribution in [0.1, 0.15) is 33.6 Å². The number of nitrogens with one attached hydrogen (secondary N) is 1. The second kappa shape index (κ2) is 7.22. The predicted octanol–water partition coefficient (Wildman–Crippen LogP) is 1.54. The molecule has 0 aliphatic carbocycles. The van der Waals surface area contributed by atoms with Crippen LogP contribution in [0, 0.1) is 0 Å². The number of rotatable bonds is 8. The molecule has 0 bridgehead atoms. The van der Waals surface area contributed by atoms with E-state index in [-0.39, 0.29) is 11.8 Å². The van der Waals surface area contributed by atoms with Crippen LogP contribution in [0.4, 0.5) is 0 Å². The van der Waals surface area contributed by atoms with Crippen LogP contribution in [0.5, 0.6) is 0 Å². The van der Waals surface area contributed by atoms with Gasteiger partial charge in [0.15, 0.2) is 6.29 Å². The zero-order valence-electron chi connectivity index (χ0n) is 10.8. The van der Waals surface area contributed by atoms with Crippen molar-refractivity contribution in [3.8, 4) is 0 Å². The minimum absolute atomic E-state index is 0.0755. The van der Waals surface area contributed by atoms with Gasteiger partial charge in [-0.1, -0.05) is 0 Å². The van der Waals surface area contributed by atoms with Crippen LogP contribution in [0.3, 0.4) is 0 Å². The summed E-state index contributed by atoms with van der Waals surface area (Å²) in [7, 11) is 0. The van der Waals surface area contributed by atoms with E-state index >= 15 is 0 Å². The molecule has 1 aliphatic rings. The zero-order chi connectivity index (χ0) is 11.9. The molecular weight excluding hydrogens is 206 g/mol. The number of hydrogen-bond acceptors (Lipinski definition) is 4. The molecule has 0 saturated carbocycles. The first-order valence-electron chi connectivity index (χ1n) is 6.26. The third-order valence-electron chi connectivity index (χ3n) is 2.86. The van der Waals surface area contributed by atoms with Crippen molar-refractivity contribution in [1.29, 1.82) is 0 Å². The summed E-state index contributed by atoms with van der Waals surface area (Å²) in [5.41, 5.74) is 0.142. The Bertz CT molecular complexity index is 175. The molecule has 0 aromatic heterocycles. The van der Waals surface area contributed by atoms with Gasteiger partial charge in [-0.3, -0.25) is 0 Å². The van der Waals surface area contributed by atoms with E-state index in [1.807, 2.05) is 13.8 Å². The summed E-state index contributed by atoms with van der Waals surface area (Å²) in [5, 5.41) is 3.52. The van der Waals surface area contributed by atoms with Gasteiger partial charge in [0, 0.05) is 38.3 Å². The Balaban J connectivity index is 2.16. The molecule has 1 aliphatic heterocycles. The summed E-state index contributed by atoms with van der Waals surface area (Å²) in [5.74, 6) is 0. The van der Waals surface area contributed by atoms with E-state index in [1.54, 1.807) is 0 Å². The summed E-state index contributed by atoms with van der Waals surface area (Å²) < 4.78 is 16.4. The summed E-state index contributed by atoms with van der Waals surface area (Å²) in [6, 6.07) is 0. The third kappa shape index (κ3) is 4.78. The Morgan fingerprint density at radius 2 is 2.00 bits per heavy atom. The molecule has 96 valence electrons. The van der Waals surface area contributed by atoms with E-state index in [0.29, 0.717) is 13.2 Å². The molecule has 0 radical (unpaired) electrons. The zero-order valence-corrected chi connectivity index (χ0v) is 10.8. The van der Waals surface area contributed by atoms with Gasteiger partial charge in [-0.15, -0.1) is 0 Å². The monoisotopic (exact) mass is 231 g/mol. The Morgan fingerprint density at radius 1 is 1.31 bits per heavy atom. The summed E-state index contributed by atoms with van der Waals surface area (Å²) in [6.45, 7) is 10.2. The van der Waals surface area contributed by atoms with E-state index in [2.05, 4.69) is 12.2 Å². The molecule has 16 heavy (non-hydrogen) atoms. The van der Waals surface area contributed by atoms with Gasteiger partial charge >= 0.3 is 0 Å². The van der Waals surface area contributed by atoms with Crippen molar-refractivity contribution in [1.82, 2.24) is 5.32 Å². The summed E-state index contributed by atoms with van der Waals surface area (Å²) in [6.07, 6.45) is 1.89. The van der Waals surface area contributed by atoms with Gasteiger partial charge in [0.1, 0.15) is 0 Å². The molecule has 0 aromatic carbocycles. The standard InChI is InChI=1S/C12H25NO3/c1-4-15-11(16-5-2)6-8-13-12(3)7-9-14-10-12/h11,13H,4-10H2,1-3H3. The fraction of sp³-hybridized carbons (Fsp3) is 1.00. The molecular formula is C12H25NO3. The van der Waals surface area contributed by atoms with Crippen molar-refractivity contribution < 1.29 is 14.2 Å². The highest BCUT2D eigenvalue weighted by Crippen LogP contribution is 2.17. The van der Waals surface area contributed by atoms with Crippen LogP contribution in [-0.4, -0.2) is 44.8 Å². The molecule has 1 N–H and O–H groups in total. The van der Waals surface area contributed by atoms with Crippen LogP contribution < -0.4 is 5.32 Å². The van der Waals surface area contributed by atoms with Crippen molar-refractivity contribution in [3.05, 3.63) is 0 Å². The molecule has 1 atom stereocenters. The van der Waals surface area contributed by atoms with E-state index in [1.165, 1.54) is 0 Å². The Labute approximate surface area is 98.6 Å². The lowest BCUT2D eigenvalue weighted by Gasteiger charge is -2.25. The molecule has 1 unspecified atom stereocenters. The van der Waals surface area contributed by atoms with Crippen molar-refractivity contribution in [2.75, 3.05) is 33.0 Å². The highest BCUT2D eigenvalue weighted by molar-refractivity contribution is 4.86. The van der Waals surface area contributed by atoms with Gasteiger partial charge in [0.05, 0.1) is 6.61 Å². The fourth-order valence-corrected chi connectivity index (χ4v) is 1.88. The summed E-state index contributed by atoms with van der Waals surface area (Å²) in [4.78, 5) is 0. The highest BCUT2D eigenvalue weighted by atomic mass is 16.7. The van der Waals surface area contributed by atoms with Crippen molar-refractivity contribution in [2.24, 2.45) is 0 Å². The molecule has 1 fully saturated rings. The quantitative estimate of drug-likeness (QED) is 0.643. The minimum Gasteiger partial charge on any atom is -0.379 e. The molecule has 4 heteroatoms. The van der Waals surface area contributed by atoms with E-state index in [9.17, 15) is 0 Å². The molecule has 0 amide bonds. The van der Waals surface area contributed by atoms with Crippen LogP contribution in [-0.2, 0) is 14.2 Å². The lowest BCUT2D eigenvalue weighted by atomic mass is 10.0. The average molecular weight is 231 g/mol. The van der Waals surface area contributed by atoms with E-state index in [0.717, 1.165) is 32.6 Å². The van der Waals surface area contributed by atoms with Crippen LogP contribution in [0.2, 0.25) is 0 Å². The van der Waals surface area contributed by atoms with E-state index < -0.39 is 0 Å². The van der Waals surface area contributed by atoms with Gasteiger partial charge in [-0.05, 0) is 27.2 Å². The number of ether oxygens (including phenoxy) is 3. The molecule has 4 nitrogen and oxygen atoms in total. The molecule has 1 heterocycles. The van der Waals surface area contributed by atoms with Crippen molar-refractivity contribution in [2.45, 2.75) is 45.4 Å². The molecule has 0 spiro atoms. The first kappa shape index (κ1) is 13.9. The third-order valence-corrected chi connectivity index (χ3v) is 2.86. The normalized spacial score (nSPS) is 25.5. The molecule has 0 aromatic rings. The van der Waals surface area contributed by atoms with Crippen molar-refractivity contribution >= 4 is 0 Å². The maximum Gasteiger partial charge on any atom is 0.158 e. The largest absolute Gasteiger partial charge is 0.379 e. The SMILES string of the molecule is CCOC(CCNC1(C)CCOC1)OCC. The van der Waals surface area contributed by atoms with E-state index in [4.69, 9.17) is 14.2 Å². The highest BCUT2D eigenvalue weighted by Gasteiger charge is 2.28. The maximum atomic E-state index is 5.49. The minimum atomic E-state index is -0.0755. The molecule has 1 saturated heterocycles. The van der Waals surface area contributed by atoms with Gasteiger partial charge < -0.3 is 19.5 Å².